The molecule has 1 aliphatic heterocycles. The highest BCUT2D eigenvalue weighted by molar-refractivity contribution is 7.89. The van der Waals surface area contributed by atoms with Crippen LogP contribution in [0.5, 0.6) is 0 Å². The fraction of sp³-hybridized carbons (Fsp3) is 0.391. The molecule has 1 aliphatic rings. The third-order valence-electron chi connectivity index (χ3n) is 5.52. The maximum absolute atomic E-state index is 14.2. The summed E-state index contributed by atoms with van der Waals surface area (Å²) in [5.74, 6) is -1.37. The minimum Gasteiger partial charge on any atom is -0.457 e. The second kappa shape index (κ2) is 10.1. The van der Waals surface area contributed by atoms with E-state index in [-0.39, 0.29) is 28.2 Å². The molecule has 1 saturated heterocycles. The van der Waals surface area contributed by atoms with Crippen LogP contribution in [0.25, 0.3) is 0 Å². The van der Waals surface area contributed by atoms with Gasteiger partial charge in [0.1, 0.15) is 12.4 Å². The molecular formula is C23H26FN3O4S. The van der Waals surface area contributed by atoms with Crippen LogP contribution in [0.4, 0.5) is 10.1 Å². The highest BCUT2D eigenvalue weighted by atomic mass is 32.2. The Balaban J connectivity index is 1.93. The second-order valence-electron chi connectivity index (χ2n) is 7.46. The number of sulfonamides is 1. The molecule has 2 aromatic carbocycles. The van der Waals surface area contributed by atoms with Gasteiger partial charge >= 0.3 is 5.97 Å². The lowest BCUT2D eigenvalue weighted by Gasteiger charge is -2.23. The summed E-state index contributed by atoms with van der Waals surface area (Å²) in [5, 5.41) is 8.86. The first-order chi connectivity index (χ1) is 15.3. The smallest absolute Gasteiger partial charge is 0.340 e. The van der Waals surface area contributed by atoms with E-state index in [1.54, 1.807) is 19.9 Å². The van der Waals surface area contributed by atoms with Gasteiger partial charge < -0.3 is 9.64 Å². The third-order valence-corrected chi connectivity index (χ3v) is 7.56. The molecule has 9 heteroatoms. The molecular weight excluding hydrogens is 433 g/mol. The molecule has 0 radical (unpaired) electrons. The standard InChI is InChI=1S/C23H26FN3O4S/c1-3-27(4-2)32(29,30)19-9-10-22(26-11-5-6-12-26)20(14-19)23(28)31-16-18-8-7-17(15-25)13-21(18)24/h7-10,13-14H,3-6,11-12,16H2,1-2H3. The SMILES string of the molecule is CCN(CC)S(=O)(=O)c1ccc(N2CCCC2)c(C(=O)OCc2ccc(C#N)cc2F)c1. The Labute approximate surface area is 188 Å². The Kier molecular flexibility index (Phi) is 7.48. The summed E-state index contributed by atoms with van der Waals surface area (Å²) in [6, 6.07) is 10.3. The molecule has 3 rings (SSSR count). The van der Waals surface area contributed by atoms with E-state index in [0.29, 0.717) is 18.8 Å². The zero-order valence-electron chi connectivity index (χ0n) is 18.2. The normalized spacial score (nSPS) is 13.9. The predicted octanol–water partition coefficient (Wildman–Crippen LogP) is 3.69. The van der Waals surface area contributed by atoms with Crippen LogP contribution >= 0.6 is 0 Å². The van der Waals surface area contributed by atoms with E-state index in [2.05, 4.69) is 0 Å². The average Bonchev–Trinajstić information content (AvgIpc) is 3.33. The summed E-state index contributed by atoms with van der Waals surface area (Å²) in [5.41, 5.74) is 1.04. The number of carbonyl (C=O) groups excluding carboxylic acids is 1. The van der Waals surface area contributed by atoms with Crippen molar-refractivity contribution in [1.82, 2.24) is 4.31 Å². The number of hydrogen-bond donors (Lipinski definition) is 0. The number of benzene rings is 2. The van der Waals surface area contributed by atoms with Gasteiger partial charge in [-0.1, -0.05) is 19.9 Å². The summed E-state index contributed by atoms with van der Waals surface area (Å²) in [6.07, 6.45) is 1.95. The van der Waals surface area contributed by atoms with Gasteiger partial charge in [0.15, 0.2) is 0 Å². The van der Waals surface area contributed by atoms with Crippen molar-refractivity contribution in [2.24, 2.45) is 0 Å². The summed E-state index contributed by atoms with van der Waals surface area (Å²) in [4.78, 5) is 15.0. The lowest BCUT2D eigenvalue weighted by Crippen LogP contribution is -2.31. The molecule has 0 aliphatic carbocycles. The highest BCUT2D eigenvalue weighted by Gasteiger charge is 2.27. The molecule has 0 N–H and O–H groups in total. The quantitative estimate of drug-likeness (QED) is 0.560. The Hall–Kier alpha value is -2.96. The first-order valence-electron chi connectivity index (χ1n) is 10.6. The van der Waals surface area contributed by atoms with Gasteiger partial charge in [-0.3, -0.25) is 0 Å². The lowest BCUT2D eigenvalue weighted by atomic mass is 10.1. The first-order valence-corrected chi connectivity index (χ1v) is 12.0. The maximum Gasteiger partial charge on any atom is 0.340 e. The van der Waals surface area contributed by atoms with Gasteiger partial charge in [0.2, 0.25) is 10.0 Å². The lowest BCUT2D eigenvalue weighted by molar-refractivity contribution is 0.0469. The second-order valence-corrected chi connectivity index (χ2v) is 9.39. The minimum atomic E-state index is -3.76. The van der Waals surface area contributed by atoms with E-state index in [1.807, 2.05) is 11.0 Å². The zero-order valence-corrected chi connectivity index (χ0v) is 19.0. The minimum absolute atomic E-state index is 0.0145. The largest absolute Gasteiger partial charge is 0.457 e. The van der Waals surface area contributed by atoms with Crippen molar-refractivity contribution < 1.29 is 22.3 Å². The molecule has 0 saturated carbocycles. The van der Waals surface area contributed by atoms with E-state index in [1.165, 1.54) is 28.6 Å². The van der Waals surface area contributed by atoms with Crippen molar-refractivity contribution in [3.8, 4) is 6.07 Å². The molecule has 170 valence electrons. The van der Waals surface area contributed by atoms with E-state index in [9.17, 15) is 17.6 Å². The van der Waals surface area contributed by atoms with Crippen molar-refractivity contribution in [2.45, 2.75) is 38.2 Å². The van der Waals surface area contributed by atoms with Gasteiger partial charge in [0, 0.05) is 31.7 Å². The van der Waals surface area contributed by atoms with Crippen LogP contribution in [0.2, 0.25) is 0 Å². The van der Waals surface area contributed by atoms with Crippen LogP contribution < -0.4 is 4.90 Å². The molecule has 32 heavy (non-hydrogen) atoms. The van der Waals surface area contributed by atoms with Gasteiger partial charge in [-0.2, -0.15) is 9.57 Å². The Morgan fingerprint density at radius 1 is 1.16 bits per heavy atom. The highest BCUT2D eigenvalue weighted by Crippen LogP contribution is 2.29. The van der Waals surface area contributed by atoms with E-state index >= 15 is 0 Å². The molecule has 0 unspecified atom stereocenters. The van der Waals surface area contributed by atoms with E-state index in [0.717, 1.165) is 32.0 Å². The van der Waals surface area contributed by atoms with Gasteiger partial charge in [0.25, 0.3) is 0 Å². The van der Waals surface area contributed by atoms with Crippen molar-refractivity contribution in [2.75, 3.05) is 31.1 Å². The molecule has 7 nitrogen and oxygen atoms in total. The Morgan fingerprint density at radius 3 is 2.44 bits per heavy atom. The fourth-order valence-corrected chi connectivity index (χ4v) is 5.23. The number of carbonyl (C=O) groups is 1. The number of hydrogen-bond acceptors (Lipinski definition) is 6. The van der Waals surface area contributed by atoms with Crippen molar-refractivity contribution in [3.05, 3.63) is 58.9 Å². The molecule has 0 bridgehead atoms. The summed E-state index contributed by atoms with van der Waals surface area (Å²) < 4.78 is 46.8. The van der Waals surface area contributed by atoms with Crippen molar-refractivity contribution in [3.63, 3.8) is 0 Å². The van der Waals surface area contributed by atoms with Gasteiger partial charge in [-0.25, -0.2) is 17.6 Å². The Morgan fingerprint density at radius 2 is 1.84 bits per heavy atom. The molecule has 0 amide bonds. The number of nitriles is 1. The molecule has 0 atom stereocenters. The number of ether oxygens (including phenoxy) is 1. The van der Waals surface area contributed by atoms with E-state index in [4.69, 9.17) is 10.00 Å². The number of anilines is 1. The maximum atomic E-state index is 14.2. The number of nitrogens with zero attached hydrogens (tertiary/aromatic N) is 3. The van der Waals surface area contributed by atoms with Gasteiger partial charge in [-0.05, 0) is 43.2 Å². The van der Waals surface area contributed by atoms with Crippen LogP contribution in [0, 0.1) is 17.1 Å². The number of halogens is 1. The van der Waals surface area contributed by atoms with Crippen LogP contribution in [0.15, 0.2) is 41.3 Å². The predicted molar refractivity (Wildman–Crippen MR) is 118 cm³/mol. The van der Waals surface area contributed by atoms with Crippen LogP contribution in [0.1, 0.15) is 48.2 Å². The molecule has 0 spiro atoms. The van der Waals surface area contributed by atoms with E-state index < -0.39 is 21.8 Å². The monoisotopic (exact) mass is 459 g/mol. The third kappa shape index (κ3) is 4.92. The topological polar surface area (TPSA) is 90.7 Å². The average molecular weight is 460 g/mol. The molecule has 1 fully saturated rings. The van der Waals surface area contributed by atoms with Crippen molar-refractivity contribution in [1.29, 1.82) is 5.26 Å². The summed E-state index contributed by atoms with van der Waals surface area (Å²) in [6.45, 7) is 5.30. The van der Waals surface area contributed by atoms with Crippen LogP contribution in [-0.2, 0) is 21.4 Å². The van der Waals surface area contributed by atoms with Gasteiger partial charge in [0.05, 0.1) is 27.8 Å². The van der Waals surface area contributed by atoms with Crippen molar-refractivity contribution >= 4 is 21.7 Å². The summed E-state index contributed by atoms with van der Waals surface area (Å²) in [7, 11) is -3.76. The van der Waals surface area contributed by atoms with Gasteiger partial charge in [-0.15, -0.1) is 0 Å². The zero-order chi connectivity index (χ0) is 23.3. The molecule has 1 heterocycles. The molecule has 2 aromatic rings. The molecule has 0 aromatic heterocycles. The first kappa shape index (κ1) is 23.7. The summed E-state index contributed by atoms with van der Waals surface area (Å²) >= 11 is 0. The fourth-order valence-electron chi connectivity index (χ4n) is 3.74. The van der Waals surface area contributed by atoms with Crippen LogP contribution in [-0.4, -0.2) is 44.9 Å². The number of esters is 1. The number of rotatable bonds is 8. The van der Waals surface area contributed by atoms with Crippen LogP contribution in [0.3, 0.4) is 0 Å². The Bertz CT molecular complexity index is 1130.